The Morgan fingerprint density at radius 3 is 2.66 bits per heavy atom. The fourth-order valence-electron chi connectivity index (χ4n) is 4.43. The van der Waals surface area contributed by atoms with Crippen LogP contribution >= 0.6 is 0 Å². The molecule has 2 N–H and O–H groups in total. The molecule has 3 rings (SSSR count). The molecule has 1 atom stereocenters. The normalized spacial score (nSPS) is 22.9. The van der Waals surface area contributed by atoms with Gasteiger partial charge in [-0.2, -0.15) is 0 Å². The number of nitrogens with one attached hydrogen (secondary N) is 2. The number of hydrogen-bond donors (Lipinski definition) is 2. The summed E-state index contributed by atoms with van der Waals surface area (Å²) in [6.45, 7) is 7.92. The monoisotopic (exact) mass is 400 g/mol. The number of nitrogens with zero attached hydrogens (tertiary/aromatic N) is 2. The summed E-state index contributed by atoms with van der Waals surface area (Å²) in [6, 6.07) is 7.22. The molecule has 7 nitrogen and oxygen atoms in total. The quantitative estimate of drug-likeness (QED) is 0.769. The molecule has 1 unspecified atom stereocenters. The molecular formula is C22H32N4O3. The van der Waals surface area contributed by atoms with Gasteiger partial charge in [-0.25, -0.2) is 0 Å². The van der Waals surface area contributed by atoms with Crippen molar-refractivity contribution >= 4 is 17.8 Å². The van der Waals surface area contributed by atoms with E-state index in [1.54, 1.807) is 18.1 Å². The molecule has 2 amide bonds. The van der Waals surface area contributed by atoms with Gasteiger partial charge < -0.3 is 15.0 Å². The zero-order valence-corrected chi connectivity index (χ0v) is 17.8. The highest BCUT2D eigenvalue weighted by molar-refractivity contribution is 6.07. The van der Waals surface area contributed by atoms with Gasteiger partial charge in [-0.3, -0.25) is 19.9 Å². The summed E-state index contributed by atoms with van der Waals surface area (Å²) in [5, 5.41) is 11.3. The molecule has 2 saturated heterocycles. The average Bonchev–Trinajstić information content (AvgIpc) is 2.90. The summed E-state index contributed by atoms with van der Waals surface area (Å²) in [5.41, 5.74) is -0.0539. The Hall–Kier alpha value is -2.57. The Labute approximate surface area is 172 Å². The average molecular weight is 401 g/mol. The number of rotatable bonds is 6. The largest absolute Gasteiger partial charge is 0.497 e. The summed E-state index contributed by atoms with van der Waals surface area (Å²) in [5.74, 6) is 1.54. The first-order valence-corrected chi connectivity index (χ1v) is 10.4. The Kier molecular flexibility index (Phi) is 6.15. The van der Waals surface area contributed by atoms with Crippen molar-refractivity contribution in [3.8, 4) is 5.75 Å². The van der Waals surface area contributed by atoms with E-state index in [1.807, 2.05) is 30.0 Å². The van der Waals surface area contributed by atoms with Crippen molar-refractivity contribution in [1.82, 2.24) is 15.1 Å². The first-order chi connectivity index (χ1) is 13.7. The molecule has 2 heterocycles. The van der Waals surface area contributed by atoms with Crippen LogP contribution in [-0.4, -0.2) is 59.9 Å². The van der Waals surface area contributed by atoms with Gasteiger partial charge in [-0.05, 0) is 56.2 Å². The van der Waals surface area contributed by atoms with E-state index in [4.69, 9.17) is 10.1 Å². The number of guanidine groups is 1. The molecule has 0 aliphatic carbocycles. The molecule has 1 aromatic rings. The van der Waals surface area contributed by atoms with Crippen molar-refractivity contribution in [3.63, 3.8) is 0 Å². The van der Waals surface area contributed by atoms with Crippen molar-refractivity contribution in [3.05, 3.63) is 29.8 Å². The zero-order valence-electron chi connectivity index (χ0n) is 17.8. The number of piperidine rings is 1. The van der Waals surface area contributed by atoms with Crippen LogP contribution in [-0.2, 0) is 4.79 Å². The second-order valence-electron chi connectivity index (χ2n) is 8.79. The van der Waals surface area contributed by atoms with Crippen LogP contribution in [0.15, 0.2) is 24.3 Å². The number of ether oxygens (including phenoxy) is 1. The Balaban J connectivity index is 1.56. The van der Waals surface area contributed by atoms with Gasteiger partial charge in [0.05, 0.1) is 7.11 Å². The smallest absolute Gasteiger partial charge is 0.254 e. The minimum absolute atomic E-state index is 0.00825. The molecule has 0 aromatic heterocycles. The van der Waals surface area contributed by atoms with E-state index in [9.17, 15) is 9.59 Å². The van der Waals surface area contributed by atoms with Crippen LogP contribution < -0.4 is 10.1 Å². The van der Waals surface area contributed by atoms with Crippen molar-refractivity contribution in [2.24, 2.45) is 11.8 Å². The standard InChI is InChI=1S/C22H32N4O3/c1-15(2)13-22(3)20(28)26(21(23)24-22)14-16-8-10-25(11-9-16)19(27)17-6-5-7-18(12-17)29-4/h5-7,12,15-16H,8-11,13-14H2,1-4H3,(H2,23,24). The van der Waals surface area contributed by atoms with Gasteiger partial charge in [0.25, 0.3) is 11.8 Å². The summed E-state index contributed by atoms with van der Waals surface area (Å²) in [7, 11) is 1.59. The first kappa shape index (κ1) is 21.1. The maximum absolute atomic E-state index is 12.9. The summed E-state index contributed by atoms with van der Waals surface area (Å²) >= 11 is 0. The number of likely N-dealkylation sites (tertiary alicyclic amines) is 1. The molecule has 0 bridgehead atoms. The molecule has 29 heavy (non-hydrogen) atoms. The molecule has 2 aliphatic heterocycles. The third-order valence-electron chi connectivity index (χ3n) is 5.86. The van der Waals surface area contributed by atoms with Crippen LogP contribution in [0.25, 0.3) is 0 Å². The Bertz CT molecular complexity index is 786. The van der Waals surface area contributed by atoms with Gasteiger partial charge in [0, 0.05) is 25.2 Å². The molecule has 2 aliphatic rings. The molecule has 1 aromatic carbocycles. The second kappa shape index (κ2) is 8.43. The topological polar surface area (TPSA) is 85.7 Å². The lowest BCUT2D eigenvalue weighted by atomic mass is 9.90. The molecular weight excluding hydrogens is 368 g/mol. The van der Waals surface area contributed by atoms with Gasteiger partial charge in [-0.1, -0.05) is 19.9 Å². The minimum atomic E-state index is -0.686. The van der Waals surface area contributed by atoms with E-state index in [-0.39, 0.29) is 23.7 Å². The van der Waals surface area contributed by atoms with Crippen molar-refractivity contribution in [2.45, 2.75) is 45.6 Å². The number of methoxy groups -OCH3 is 1. The number of carbonyl (C=O) groups excluding carboxylic acids is 2. The molecule has 0 saturated carbocycles. The predicted molar refractivity (Wildman–Crippen MR) is 112 cm³/mol. The predicted octanol–water partition coefficient (Wildman–Crippen LogP) is 2.72. The fourth-order valence-corrected chi connectivity index (χ4v) is 4.43. The first-order valence-electron chi connectivity index (χ1n) is 10.4. The van der Waals surface area contributed by atoms with Crippen LogP contribution in [0, 0.1) is 17.2 Å². The van der Waals surface area contributed by atoms with Gasteiger partial charge in [0.1, 0.15) is 11.3 Å². The van der Waals surface area contributed by atoms with Crippen LogP contribution in [0.5, 0.6) is 5.75 Å². The van der Waals surface area contributed by atoms with Gasteiger partial charge in [0.15, 0.2) is 5.96 Å². The van der Waals surface area contributed by atoms with Crippen LogP contribution in [0.1, 0.15) is 50.4 Å². The van der Waals surface area contributed by atoms with E-state index >= 15 is 0 Å². The minimum Gasteiger partial charge on any atom is -0.497 e. The highest BCUT2D eigenvalue weighted by atomic mass is 16.5. The van der Waals surface area contributed by atoms with Crippen LogP contribution in [0.2, 0.25) is 0 Å². The fraction of sp³-hybridized carbons (Fsp3) is 0.591. The molecule has 7 heteroatoms. The molecule has 0 spiro atoms. The zero-order chi connectivity index (χ0) is 21.2. The highest BCUT2D eigenvalue weighted by Crippen LogP contribution is 2.28. The van der Waals surface area contributed by atoms with Crippen LogP contribution in [0.4, 0.5) is 0 Å². The molecule has 158 valence electrons. The van der Waals surface area contributed by atoms with Crippen molar-refractivity contribution in [2.75, 3.05) is 26.7 Å². The Morgan fingerprint density at radius 1 is 1.34 bits per heavy atom. The van der Waals surface area contributed by atoms with E-state index in [0.717, 1.165) is 12.8 Å². The third-order valence-corrected chi connectivity index (χ3v) is 5.86. The lowest BCUT2D eigenvalue weighted by molar-refractivity contribution is -0.131. The van der Waals surface area contributed by atoms with Crippen molar-refractivity contribution < 1.29 is 14.3 Å². The Morgan fingerprint density at radius 2 is 2.03 bits per heavy atom. The van der Waals surface area contributed by atoms with Crippen LogP contribution in [0.3, 0.4) is 0 Å². The summed E-state index contributed by atoms with van der Waals surface area (Å²) < 4.78 is 5.21. The number of hydrogen-bond acceptors (Lipinski definition) is 4. The van der Waals surface area contributed by atoms with E-state index in [1.165, 1.54) is 0 Å². The maximum Gasteiger partial charge on any atom is 0.254 e. The molecule has 2 fully saturated rings. The SMILES string of the molecule is COc1cccc(C(=O)N2CCC(CN3C(=N)NC(C)(CC(C)C)C3=O)CC2)c1. The van der Waals surface area contributed by atoms with Gasteiger partial charge >= 0.3 is 0 Å². The summed E-state index contributed by atoms with van der Waals surface area (Å²) in [6.07, 6.45) is 2.36. The highest BCUT2D eigenvalue weighted by Gasteiger charge is 2.46. The number of carbonyl (C=O) groups is 2. The lowest BCUT2D eigenvalue weighted by Crippen LogP contribution is -2.46. The van der Waals surface area contributed by atoms with Gasteiger partial charge in [-0.15, -0.1) is 0 Å². The van der Waals surface area contributed by atoms with E-state index in [2.05, 4.69) is 19.2 Å². The number of amides is 2. The number of benzene rings is 1. The van der Waals surface area contributed by atoms with E-state index in [0.29, 0.717) is 43.3 Å². The van der Waals surface area contributed by atoms with Crippen molar-refractivity contribution in [1.29, 1.82) is 5.41 Å². The van der Waals surface area contributed by atoms with Gasteiger partial charge in [0.2, 0.25) is 0 Å². The lowest BCUT2D eigenvalue weighted by Gasteiger charge is -2.34. The maximum atomic E-state index is 12.9. The molecule has 0 radical (unpaired) electrons. The second-order valence-corrected chi connectivity index (χ2v) is 8.79. The summed E-state index contributed by atoms with van der Waals surface area (Å²) in [4.78, 5) is 29.1. The third kappa shape index (κ3) is 4.54. The van der Waals surface area contributed by atoms with E-state index < -0.39 is 5.54 Å².